The molecule has 0 aliphatic heterocycles. The first kappa shape index (κ1) is 19.1. The molecule has 0 aliphatic rings. The topological polar surface area (TPSA) is 35.5 Å². The van der Waals surface area contributed by atoms with Crippen LogP contribution in [0.3, 0.4) is 0 Å². The molecule has 0 N–H and O–H groups in total. The summed E-state index contributed by atoms with van der Waals surface area (Å²) < 4.78 is 12.0. The van der Waals surface area contributed by atoms with Gasteiger partial charge in [-0.15, -0.1) is 11.8 Å². The number of ether oxygens (including phenoxy) is 2. The van der Waals surface area contributed by atoms with Crippen LogP contribution in [0.25, 0.3) is 5.57 Å². The van der Waals surface area contributed by atoms with Crippen LogP contribution >= 0.6 is 43.6 Å². The van der Waals surface area contributed by atoms with E-state index in [1.165, 1.54) is 26.0 Å². The molecule has 2 aromatic carbocycles. The van der Waals surface area contributed by atoms with Gasteiger partial charge in [0.25, 0.3) is 0 Å². The second-order valence-electron chi connectivity index (χ2n) is 4.78. The molecule has 0 amide bonds. The number of methoxy groups -OCH3 is 2. The lowest BCUT2D eigenvalue weighted by Gasteiger charge is -2.12. The highest BCUT2D eigenvalue weighted by atomic mass is 79.9. The van der Waals surface area contributed by atoms with Gasteiger partial charge in [-0.2, -0.15) is 0 Å². The molecular weight excluding hydrogens is 456 g/mol. The monoisotopic (exact) mass is 470 g/mol. The molecule has 0 radical (unpaired) electrons. The fourth-order valence-electron chi connectivity index (χ4n) is 2.07. The molecule has 24 heavy (non-hydrogen) atoms. The number of hydrogen-bond acceptors (Lipinski definition) is 4. The first-order chi connectivity index (χ1) is 11.6. The van der Waals surface area contributed by atoms with Gasteiger partial charge in [0.1, 0.15) is 5.57 Å². The molecule has 0 atom stereocenters. The van der Waals surface area contributed by atoms with Gasteiger partial charge in [0.15, 0.2) is 0 Å². The minimum atomic E-state index is -0.423. The van der Waals surface area contributed by atoms with Gasteiger partial charge in [0.2, 0.25) is 0 Å². The minimum absolute atomic E-state index is 0.399. The normalized spacial score (nSPS) is 11.2. The van der Waals surface area contributed by atoms with Crippen LogP contribution in [0.5, 0.6) is 0 Å². The molecular formula is C18H16Br2O3S. The van der Waals surface area contributed by atoms with E-state index >= 15 is 0 Å². The van der Waals surface area contributed by atoms with Crippen molar-refractivity contribution in [3.63, 3.8) is 0 Å². The van der Waals surface area contributed by atoms with Gasteiger partial charge in [-0.05, 0) is 29.8 Å². The molecule has 0 fully saturated rings. The summed E-state index contributed by atoms with van der Waals surface area (Å²) in [6.07, 6.45) is 1.42. The summed E-state index contributed by atoms with van der Waals surface area (Å²) >= 11 is 8.71. The Bertz CT molecular complexity index is 760. The Kier molecular flexibility index (Phi) is 7.40. The zero-order valence-corrected chi connectivity index (χ0v) is 17.2. The summed E-state index contributed by atoms with van der Waals surface area (Å²) in [5.41, 5.74) is 2.36. The van der Waals surface area contributed by atoms with Crippen LogP contribution in [0.1, 0.15) is 11.1 Å². The van der Waals surface area contributed by atoms with Crippen molar-refractivity contribution in [1.82, 2.24) is 0 Å². The van der Waals surface area contributed by atoms with Gasteiger partial charge in [-0.3, -0.25) is 0 Å². The smallest absolute Gasteiger partial charge is 0.341 e. The number of halogens is 2. The molecule has 3 nitrogen and oxygen atoms in total. The van der Waals surface area contributed by atoms with Crippen LogP contribution < -0.4 is 0 Å². The molecule has 2 rings (SSSR count). The molecule has 0 unspecified atom stereocenters. The van der Waals surface area contributed by atoms with Crippen molar-refractivity contribution in [3.05, 3.63) is 68.8 Å². The largest absolute Gasteiger partial charge is 0.503 e. The molecule has 0 bridgehead atoms. The maximum absolute atomic E-state index is 12.0. The predicted molar refractivity (Wildman–Crippen MR) is 105 cm³/mol. The molecule has 0 aliphatic carbocycles. The maximum atomic E-state index is 12.0. The number of thioether (sulfide) groups is 1. The van der Waals surface area contributed by atoms with Crippen molar-refractivity contribution >= 4 is 55.2 Å². The van der Waals surface area contributed by atoms with Crippen LogP contribution in [0.4, 0.5) is 0 Å². The summed E-state index contributed by atoms with van der Waals surface area (Å²) in [5.74, 6) is 0.340. The van der Waals surface area contributed by atoms with Crippen molar-refractivity contribution in [3.8, 4) is 0 Å². The maximum Gasteiger partial charge on any atom is 0.341 e. The number of carbonyl (C=O) groups is 1. The third-order valence-corrected chi connectivity index (χ3v) is 5.60. The molecule has 0 saturated heterocycles. The molecule has 126 valence electrons. The minimum Gasteiger partial charge on any atom is -0.503 e. The molecule has 0 spiro atoms. The third kappa shape index (κ3) is 4.88. The quantitative estimate of drug-likeness (QED) is 0.235. The Hall–Kier alpha value is -1.24. The van der Waals surface area contributed by atoms with Gasteiger partial charge >= 0.3 is 5.97 Å². The Labute approximate surface area is 162 Å². The lowest BCUT2D eigenvalue weighted by atomic mass is 10.1. The first-order valence-electron chi connectivity index (χ1n) is 7.04. The van der Waals surface area contributed by atoms with Crippen molar-refractivity contribution in [1.29, 1.82) is 0 Å². The SMILES string of the molecule is COC=C(C(=O)OC)c1ccccc1SCc1cc(Br)ccc1Br. The van der Waals surface area contributed by atoms with Gasteiger partial charge in [0.05, 0.1) is 20.5 Å². The van der Waals surface area contributed by atoms with Crippen molar-refractivity contribution in [2.45, 2.75) is 10.6 Å². The second-order valence-corrected chi connectivity index (χ2v) is 7.57. The summed E-state index contributed by atoms with van der Waals surface area (Å²) in [5, 5.41) is 0. The van der Waals surface area contributed by atoms with Crippen LogP contribution in [-0.4, -0.2) is 20.2 Å². The van der Waals surface area contributed by atoms with E-state index in [4.69, 9.17) is 9.47 Å². The van der Waals surface area contributed by atoms with E-state index in [1.54, 1.807) is 11.8 Å². The number of esters is 1. The number of rotatable bonds is 6. The standard InChI is InChI=1S/C18H16Br2O3S/c1-22-10-15(18(21)23-2)14-5-3-4-6-17(14)24-11-12-9-13(19)7-8-16(12)20/h3-10H,11H2,1-2H3. The van der Waals surface area contributed by atoms with Gasteiger partial charge in [-0.25, -0.2) is 4.79 Å². The Balaban J connectivity index is 2.30. The highest BCUT2D eigenvalue weighted by molar-refractivity contribution is 9.11. The third-order valence-electron chi connectivity index (χ3n) is 3.21. The van der Waals surface area contributed by atoms with E-state index in [2.05, 4.69) is 37.9 Å². The average Bonchev–Trinajstić information content (AvgIpc) is 2.60. The van der Waals surface area contributed by atoms with Gasteiger partial charge in [-0.1, -0.05) is 50.1 Å². The molecule has 0 heterocycles. The lowest BCUT2D eigenvalue weighted by molar-refractivity contribution is -0.133. The zero-order chi connectivity index (χ0) is 17.5. The van der Waals surface area contributed by atoms with E-state index in [0.717, 1.165) is 25.2 Å². The number of carbonyl (C=O) groups excluding carboxylic acids is 1. The molecule has 0 saturated carbocycles. The Morgan fingerprint density at radius 3 is 2.62 bits per heavy atom. The second kappa shape index (κ2) is 9.30. The van der Waals surface area contributed by atoms with E-state index in [1.807, 2.05) is 36.4 Å². The fraction of sp³-hybridized carbons (Fsp3) is 0.167. The first-order valence-corrected chi connectivity index (χ1v) is 9.61. The average molecular weight is 472 g/mol. The number of hydrogen-bond donors (Lipinski definition) is 0. The van der Waals surface area contributed by atoms with E-state index in [0.29, 0.717) is 5.57 Å². The Morgan fingerprint density at radius 1 is 1.17 bits per heavy atom. The molecule has 0 aromatic heterocycles. The van der Waals surface area contributed by atoms with Gasteiger partial charge in [0, 0.05) is 25.2 Å². The van der Waals surface area contributed by atoms with Crippen LogP contribution in [0.2, 0.25) is 0 Å². The van der Waals surface area contributed by atoms with E-state index in [9.17, 15) is 4.79 Å². The van der Waals surface area contributed by atoms with Gasteiger partial charge < -0.3 is 9.47 Å². The van der Waals surface area contributed by atoms with E-state index in [-0.39, 0.29) is 0 Å². The summed E-state index contributed by atoms with van der Waals surface area (Å²) in [6.45, 7) is 0. The van der Waals surface area contributed by atoms with Crippen LogP contribution in [0.15, 0.2) is 62.6 Å². The Morgan fingerprint density at radius 2 is 1.92 bits per heavy atom. The molecule has 2 aromatic rings. The summed E-state index contributed by atoms with van der Waals surface area (Å²) in [6, 6.07) is 13.8. The van der Waals surface area contributed by atoms with E-state index < -0.39 is 5.97 Å². The van der Waals surface area contributed by atoms with Crippen LogP contribution in [-0.2, 0) is 20.0 Å². The lowest BCUT2D eigenvalue weighted by Crippen LogP contribution is -2.05. The molecule has 6 heteroatoms. The highest BCUT2D eigenvalue weighted by Crippen LogP contribution is 2.33. The number of benzene rings is 2. The fourth-order valence-corrected chi connectivity index (χ4v) is 4.11. The highest BCUT2D eigenvalue weighted by Gasteiger charge is 2.17. The summed E-state index contributed by atoms with van der Waals surface area (Å²) in [4.78, 5) is 13.0. The van der Waals surface area contributed by atoms with Crippen molar-refractivity contribution < 1.29 is 14.3 Å². The van der Waals surface area contributed by atoms with Crippen molar-refractivity contribution in [2.75, 3.05) is 14.2 Å². The van der Waals surface area contributed by atoms with Crippen LogP contribution in [0, 0.1) is 0 Å². The predicted octanol–water partition coefficient (Wildman–Crippen LogP) is 5.66. The zero-order valence-electron chi connectivity index (χ0n) is 13.2. The summed E-state index contributed by atoms with van der Waals surface area (Å²) in [7, 11) is 2.87. The van der Waals surface area contributed by atoms with Crippen molar-refractivity contribution in [2.24, 2.45) is 0 Å².